The SMILES string of the molecule is CC(O)(CNCc1csc(C2CC2)n1)c1ccc(F)cc1F. The molecule has 1 fully saturated rings. The van der Waals surface area contributed by atoms with Crippen LogP contribution >= 0.6 is 11.3 Å². The quantitative estimate of drug-likeness (QED) is 0.857. The summed E-state index contributed by atoms with van der Waals surface area (Å²) >= 11 is 1.66. The topological polar surface area (TPSA) is 45.1 Å². The van der Waals surface area contributed by atoms with E-state index in [1.807, 2.05) is 5.38 Å². The number of nitrogens with zero attached hydrogens (tertiary/aromatic N) is 1. The molecular formula is C16H18F2N2OS. The highest BCUT2D eigenvalue weighted by atomic mass is 32.1. The van der Waals surface area contributed by atoms with E-state index in [0.717, 1.165) is 17.8 Å². The standard InChI is InChI=1S/C16H18F2N2OS/c1-16(21,13-5-4-11(17)6-14(13)18)9-19-7-12-8-22-15(20-12)10-2-3-10/h4-6,8,10,19,21H,2-3,7,9H2,1H3. The lowest BCUT2D eigenvalue weighted by Crippen LogP contribution is -2.36. The highest BCUT2D eigenvalue weighted by Gasteiger charge is 2.28. The average Bonchev–Trinajstić information content (AvgIpc) is 3.18. The third kappa shape index (κ3) is 3.51. The Bertz CT molecular complexity index is 668. The van der Waals surface area contributed by atoms with E-state index in [4.69, 9.17) is 0 Å². The smallest absolute Gasteiger partial charge is 0.132 e. The molecule has 6 heteroatoms. The predicted octanol–water partition coefficient (Wildman–Crippen LogP) is 3.30. The third-order valence-corrected chi connectivity index (χ3v) is 4.84. The zero-order valence-electron chi connectivity index (χ0n) is 12.3. The van der Waals surface area contributed by atoms with Crippen molar-refractivity contribution >= 4 is 11.3 Å². The van der Waals surface area contributed by atoms with Crippen LogP contribution in [-0.4, -0.2) is 16.6 Å². The molecule has 1 aliphatic carbocycles. The van der Waals surface area contributed by atoms with Crippen molar-refractivity contribution in [1.29, 1.82) is 0 Å². The number of hydrogen-bond donors (Lipinski definition) is 2. The van der Waals surface area contributed by atoms with Gasteiger partial charge < -0.3 is 10.4 Å². The minimum absolute atomic E-state index is 0.0818. The summed E-state index contributed by atoms with van der Waals surface area (Å²) < 4.78 is 26.7. The molecule has 0 radical (unpaired) electrons. The summed E-state index contributed by atoms with van der Waals surface area (Å²) in [5, 5.41) is 16.7. The predicted molar refractivity (Wildman–Crippen MR) is 81.7 cm³/mol. The van der Waals surface area contributed by atoms with Gasteiger partial charge in [0.05, 0.1) is 10.7 Å². The van der Waals surface area contributed by atoms with Gasteiger partial charge in [0.25, 0.3) is 0 Å². The lowest BCUT2D eigenvalue weighted by Gasteiger charge is -2.24. The fraction of sp³-hybridized carbons (Fsp3) is 0.438. The Morgan fingerprint density at radius 3 is 2.86 bits per heavy atom. The van der Waals surface area contributed by atoms with Crippen molar-refractivity contribution in [2.45, 2.75) is 37.8 Å². The van der Waals surface area contributed by atoms with Crippen LogP contribution in [0.3, 0.4) is 0 Å². The van der Waals surface area contributed by atoms with Crippen LogP contribution in [0.2, 0.25) is 0 Å². The molecule has 0 amide bonds. The van der Waals surface area contributed by atoms with Gasteiger partial charge in [0.15, 0.2) is 0 Å². The number of hydrogen-bond acceptors (Lipinski definition) is 4. The largest absolute Gasteiger partial charge is 0.384 e. The number of benzene rings is 1. The maximum Gasteiger partial charge on any atom is 0.132 e. The van der Waals surface area contributed by atoms with Gasteiger partial charge in [0, 0.05) is 36.0 Å². The first-order valence-electron chi connectivity index (χ1n) is 7.28. The van der Waals surface area contributed by atoms with Crippen molar-refractivity contribution in [3.63, 3.8) is 0 Å². The summed E-state index contributed by atoms with van der Waals surface area (Å²) in [5.74, 6) is -0.758. The number of aliphatic hydroxyl groups is 1. The van der Waals surface area contributed by atoms with E-state index in [1.54, 1.807) is 11.3 Å². The van der Waals surface area contributed by atoms with Gasteiger partial charge in [-0.15, -0.1) is 11.3 Å². The summed E-state index contributed by atoms with van der Waals surface area (Å²) in [5.41, 5.74) is -0.395. The molecule has 0 aliphatic heterocycles. The monoisotopic (exact) mass is 324 g/mol. The van der Waals surface area contributed by atoms with Gasteiger partial charge in [0.1, 0.15) is 17.2 Å². The van der Waals surface area contributed by atoms with E-state index >= 15 is 0 Å². The molecule has 0 saturated heterocycles. The fourth-order valence-corrected chi connectivity index (χ4v) is 3.37. The minimum atomic E-state index is -1.41. The number of aromatic nitrogens is 1. The van der Waals surface area contributed by atoms with Crippen molar-refractivity contribution < 1.29 is 13.9 Å². The molecule has 1 saturated carbocycles. The molecule has 3 rings (SSSR count). The van der Waals surface area contributed by atoms with Crippen LogP contribution in [0, 0.1) is 11.6 Å². The fourth-order valence-electron chi connectivity index (χ4n) is 2.38. The molecule has 1 aromatic heterocycles. The van der Waals surface area contributed by atoms with E-state index in [1.165, 1.54) is 30.8 Å². The van der Waals surface area contributed by atoms with Gasteiger partial charge in [0.2, 0.25) is 0 Å². The van der Waals surface area contributed by atoms with E-state index < -0.39 is 17.2 Å². The zero-order valence-corrected chi connectivity index (χ0v) is 13.1. The maximum atomic E-state index is 13.8. The molecule has 22 heavy (non-hydrogen) atoms. The Morgan fingerprint density at radius 1 is 1.41 bits per heavy atom. The number of thiazole rings is 1. The third-order valence-electron chi connectivity index (χ3n) is 3.78. The van der Waals surface area contributed by atoms with Gasteiger partial charge in [-0.2, -0.15) is 0 Å². The summed E-state index contributed by atoms with van der Waals surface area (Å²) in [6, 6.07) is 3.21. The Morgan fingerprint density at radius 2 is 2.18 bits per heavy atom. The maximum absolute atomic E-state index is 13.8. The Kier molecular flexibility index (Phi) is 4.25. The number of rotatable bonds is 6. The van der Waals surface area contributed by atoms with E-state index in [9.17, 15) is 13.9 Å². The molecular weight excluding hydrogens is 306 g/mol. The first kappa shape index (κ1) is 15.5. The summed E-state index contributed by atoms with van der Waals surface area (Å²) in [6.45, 7) is 2.18. The number of nitrogens with one attached hydrogen (secondary N) is 1. The molecule has 2 aromatic rings. The van der Waals surface area contributed by atoms with Crippen molar-refractivity contribution in [3.05, 3.63) is 51.5 Å². The van der Waals surface area contributed by atoms with Gasteiger partial charge in [-0.05, 0) is 25.8 Å². The second-order valence-corrected chi connectivity index (χ2v) is 6.84. The van der Waals surface area contributed by atoms with Crippen LogP contribution in [0.15, 0.2) is 23.6 Å². The van der Waals surface area contributed by atoms with Gasteiger partial charge >= 0.3 is 0 Å². The Labute approximate surface area is 132 Å². The van der Waals surface area contributed by atoms with Gasteiger partial charge in [-0.3, -0.25) is 0 Å². The molecule has 2 N–H and O–H groups in total. The Balaban J connectivity index is 1.58. The minimum Gasteiger partial charge on any atom is -0.384 e. The van der Waals surface area contributed by atoms with E-state index in [2.05, 4.69) is 10.3 Å². The van der Waals surface area contributed by atoms with Crippen LogP contribution in [0.5, 0.6) is 0 Å². The van der Waals surface area contributed by atoms with E-state index in [0.29, 0.717) is 12.5 Å². The summed E-state index contributed by atoms with van der Waals surface area (Å²) in [4.78, 5) is 4.54. The van der Waals surface area contributed by atoms with Crippen LogP contribution in [0.4, 0.5) is 8.78 Å². The molecule has 0 spiro atoms. The summed E-state index contributed by atoms with van der Waals surface area (Å²) in [6.07, 6.45) is 2.44. The van der Waals surface area contributed by atoms with Crippen molar-refractivity contribution in [2.75, 3.05) is 6.54 Å². The van der Waals surface area contributed by atoms with Crippen molar-refractivity contribution in [3.8, 4) is 0 Å². The first-order valence-corrected chi connectivity index (χ1v) is 8.16. The highest BCUT2D eigenvalue weighted by Crippen LogP contribution is 2.41. The second kappa shape index (κ2) is 6.02. The van der Waals surface area contributed by atoms with Gasteiger partial charge in [-0.1, -0.05) is 6.07 Å². The van der Waals surface area contributed by atoms with Crippen LogP contribution < -0.4 is 5.32 Å². The van der Waals surface area contributed by atoms with Crippen molar-refractivity contribution in [2.24, 2.45) is 0 Å². The lowest BCUT2D eigenvalue weighted by molar-refractivity contribution is 0.0527. The normalized spacial score (nSPS) is 17.5. The van der Waals surface area contributed by atoms with E-state index in [-0.39, 0.29) is 12.1 Å². The zero-order chi connectivity index (χ0) is 15.7. The Hall–Kier alpha value is -1.37. The molecule has 1 aromatic carbocycles. The van der Waals surface area contributed by atoms with Gasteiger partial charge in [-0.25, -0.2) is 13.8 Å². The molecule has 1 aliphatic rings. The molecule has 118 valence electrons. The number of halogens is 2. The molecule has 1 unspecified atom stereocenters. The molecule has 0 bridgehead atoms. The van der Waals surface area contributed by atoms with Crippen molar-refractivity contribution in [1.82, 2.24) is 10.3 Å². The van der Waals surface area contributed by atoms with Crippen LogP contribution in [0.1, 0.15) is 41.9 Å². The van der Waals surface area contributed by atoms with Crippen LogP contribution in [0.25, 0.3) is 0 Å². The second-order valence-electron chi connectivity index (χ2n) is 5.95. The molecule has 1 heterocycles. The lowest BCUT2D eigenvalue weighted by atomic mass is 9.95. The molecule has 3 nitrogen and oxygen atoms in total. The highest BCUT2D eigenvalue weighted by molar-refractivity contribution is 7.09. The summed E-state index contributed by atoms with van der Waals surface area (Å²) in [7, 11) is 0. The average molecular weight is 324 g/mol. The van der Waals surface area contributed by atoms with Crippen LogP contribution in [-0.2, 0) is 12.1 Å². The first-order chi connectivity index (χ1) is 10.5. The molecule has 1 atom stereocenters.